The number of benzene rings is 1. The van der Waals surface area contributed by atoms with Crippen molar-refractivity contribution in [1.82, 2.24) is 19.3 Å². The number of hydrogen-bond donors (Lipinski definition) is 3. The van der Waals surface area contributed by atoms with Crippen molar-refractivity contribution < 1.29 is 16.8 Å². The zero-order chi connectivity index (χ0) is 15.3. The first kappa shape index (κ1) is 13.9. The summed E-state index contributed by atoms with van der Waals surface area (Å²) in [6.45, 7) is 0. The van der Waals surface area contributed by atoms with Crippen LogP contribution in [0.2, 0.25) is 0 Å². The third kappa shape index (κ3) is 2.25. The minimum atomic E-state index is -4.09. The first-order valence-electron chi connectivity index (χ1n) is 5.67. The number of nitrogens with two attached hydrogens (primary N) is 1. The van der Waals surface area contributed by atoms with Crippen LogP contribution in [0.1, 0.15) is 0 Å². The summed E-state index contributed by atoms with van der Waals surface area (Å²) in [7, 11) is -8.06. The maximum Gasteiger partial charge on any atom is 0.313 e. The van der Waals surface area contributed by atoms with Gasteiger partial charge < -0.3 is 4.98 Å². The molecule has 0 spiro atoms. The van der Waals surface area contributed by atoms with Crippen molar-refractivity contribution in [3.05, 3.63) is 42.9 Å². The van der Waals surface area contributed by atoms with Crippen LogP contribution in [0.15, 0.2) is 47.8 Å². The molecule has 0 amide bonds. The predicted octanol–water partition coefficient (Wildman–Crippen LogP) is -0.431. The molecule has 4 N–H and O–H groups in total. The number of para-hydroxylation sites is 1. The number of aromatic amines is 1. The van der Waals surface area contributed by atoms with Crippen LogP contribution in [0.4, 0.5) is 0 Å². The van der Waals surface area contributed by atoms with Gasteiger partial charge in [-0.1, -0.05) is 18.2 Å². The minimum Gasteiger partial charge on any atom is -0.360 e. The van der Waals surface area contributed by atoms with Crippen molar-refractivity contribution in [1.29, 1.82) is 0 Å². The van der Waals surface area contributed by atoms with E-state index >= 15 is 0 Å². The number of hydrazine groups is 2. The van der Waals surface area contributed by atoms with Gasteiger partial charge in [-0.05, 0) is 6.07 Å². The highest BCUT2D eigenvalue weighted by Crippen LogP contribution is 2.26. The second-order valence-corrected chi connectivity index (χ2v) is 7.44. The molecular weight excluding hydrogens is 318 g/mol. The maximum atomic E-state index is 12.5. The van der Waals surface area contributed by atoms with Crippen LogP contribution >= 0.6 is 0 Å². The molecule has 0 bridgehead atoms. The molecule has 0 unspecified atom stereocenters. The monoisotopic (exact) mass is 329 g/mol. The zero-order valence-electron chi connectivity index (χ0n) is 10.5. The molecule has 1 aliphatic rings. The molecule has 2 heterocycles. The number of nitrogens with one attached hydrogen (secondary N) is 2. The van der Waals surface area contributed by atoms with E-state index in [1.54, 1.807) is 24.3 Å². The van der Waals surface area contributed by atoms with E-state index in [4.69, 9.17) is 5.14 Å². The predicted molar refractivity (Wildman–Crippen MR) is 74.5 cm³/mol. The molecule has 0 fully saturated rings. The summed E-state index contributed by atoms with van der Waals surface area (Å²) in [5.74, 6) is 0. The first-order chi connectivity index (χ1) is 9.80. The zero-order valence-corrected chi connectivity index (χ0v) is 12.1. The number of hydrogen-bond acceptors (Lipinski definition) is 5. The van der Waals surface area contributed by atoms with Gasteiger partial charge in [0.05, 0.1) is 12.4 Å². The van der Waals surface area contributed by atoms with E-state index in [9.17, 15) is 16.8 Å². The Hall–Kier alpha value is -2.08. The Morgan fingerprint density at radius 3 is 2.33 bits per heavy atom. The maximum absolute atomic E-state index is 12.5. The van der Waals surface area contributed by atoms with Gasteiger partial charge in [-0.25, -0.2) is 5.14 Å². The summed E-state index contributed by atoms with van der Waals surface area (Å²) in [5, 5.41) is 5.41. The van der Waals surface area contributed by atoms with Crippen LogP contribution in [0.5, 0.6) is 0 Å². The van der Waals surface area contributed by atoms with Crippen LogP contribution in [0, 0.1) is 0 Å². The smallest absolute Gasteiger partial charge is 0.313 e. The fourth-order valence-corrected chi connectivity index (χ4v) is 3.69. The molecule has 2 aromatic rings. The lowest BCUT2D eigenvalue weighted by molar-refractivity contribution is 0.297. The van der Waals surface area contributed by atoms with Crippen molar-refractivity contribution in [3.8, 4) is 0 Å². The third-order valence-corrected chi connectivity index (χ3v) is 5.26. The highest BCUT2D eigenvalue weighted by Gasteiger charge is 2.31. The topological polar surface area (TPSA) is 129 Å². The van der Waals surface area contributed by atoms with Gasteiger partial charge in [0.2, 0.25) is 0 Å². The molecule has 0 aliphatic carbocycles. The van der Waals surface area contributed by atoms with Crippen molar-refractivity contribution in [2.45, 2.75) is 4.90 Å². The van der Waals surface area contributed by atoms with E-state index < -0.39 is 20.2 Å². The lowest BCUT2D eigenvalue weighted by Gasteiger charge is -2.19. The quantitative estimate of drug-likeness (QED) is 0.704. The fraction of sp³-hybridized carbons (Fsp3) is 0. The average molecular weight is 329 g/mol. The summed E-state index contributed by atoms with van der Waals surface area (Å²) in [5.41, 5.74) is 2.82. The number of H-pyrrole nitrogens is 1. The standard InChI is InChI=1S/C10H11N5O4S2/c11-21(18,19)15-6-5-14(13-15)20(16,17)10-7-12-9-4-2-1-3-8(9)10/h1-7,12-13H,(H2,11,18,19). The van der Waals surface area contributed by atoms with Gasteiger partial charge >= 0.3 is 10.2 Å². The van der Waals surface area contributed by atoms with Crippen LogP contribution in [-0.2, 0) is 20.2 Å². The summed E-state index contributed by atoms with van der Waals surface area (Å²) in [4.78, 5) is 2.86. The molecule has 1 aliphatic heterocycles. The van der Waals surface area contributed by atoms with Crippen molar-refractivity contribution in [3.63, 3.8) is 0 Å². The normalized spacial score (nSPS) is 16.0. The summed E-state index contributed by atoms with van der Waals surface area (Å²) >= 11 is 0. The molecule has 0 atom stereocenters. The molecule has 1 aromatic carbocycles. The Kier molecular flexibility index (Phi) is 2.95. The van der Waals surface area contributed by atoms with Crippen LogP contribution in [0.3, 0.4) is 0 Å². The Morgan fingerprint density at radius 2 is 1.67 bits per heavy atom. The van der Waals surface area contributed by atoms with E-state index in [-0.39, 0.29) is 4.90 Å². The lowest BCUT2D eigenvalue weighted by atomic mass is 10.2. The molecule has 0 radical (unpaired) electrons. The van der Waals surface area contributed by atoms with E-state index in [1.807, 2.05) is 0 Å². The van der Waals surface area contributed by atoms with Crippen molar-refractivity contribution >= 4 is 31.1 Å². The van der Waals surface area contributed by atoms with E-state index in [0.29, 0.717) is 19.7 Å². The minimum absolute atomic E-state index is 0.0199. The number of nitrogens with zero attached hydrogens (tertiary/aromatic N) is 2. The SMILES string of the molecule is NS(=O)(=O)N1C=CN(S(=O)(=O)c2c[nH]c3ccccc23)N1. The molecule has 3 rings (SSSR count). The van der Waals surface area contributed by atoms with Gasteiger partial charge in [-0.2, -0.15) is 25.7 Å². The second-order valence-electron chi connectivity index (χ2n) is 4.24. The van der Waals surface area contributed by atoms with Gasteiger partial charge in [0, 0.05) is 17.1 Å². The third-order valence-electron chi connectivity index (χ3n) is 2.90. The number of rotatable bonds is 3. The van der Waals surface area contributed by atoms with Gasteiger partial charge in [0.25, 0.3) is 10.0 Å². The Balaban J connectivity index is 2.01. The summed E-state index contributed by atoms with van der Waals surface area (Å²) in [6, 6.07) is 6.86. The van der Waals surface area contributed by atoms with Crippen LogP contribution in [0.25, 0.3) is 10.9 Å². The Labute approximate surface area is 120 Å². The second kappa shape index (κ2) is 4.46. The highest BCUT2D eigenvalue weighted by atomic mass is 32.2. The van der Waals surface area contributed by atoms with Gasteiger partial charge in [-0.15, -0.1) is 5.53 Å². The van der Waals surface area contributed by atoms with Gasteiger partial charge in [-0.3, -0.25) is 0 Å². The van der Waals surface area contributed by atoms with Crippen molar-refractivity contribution in [2.75, 3.05) is 0 Å². The molecule has 1 aromatic heterocycles. The first-order valence-corrected chi connectivity index (χ1v) is 8.62. The highest BCUT2D eigenvalue weighted by molar-refractivity contribution is 7.89. The van der Waals surface area contributed by atoms with E-state index in [1.165, 1.54) is 6.20 Å². The van der Waals surface area contributed by atoms with Gasteiger partial charge in [0.1, 0.15) is 4.90 Å². The molecule has 11 heteroatoms. The van der Waals surface area contributed by atoms with E-state index in [0.717, 1.165) is 12.4 Å². The fourth-order valence-electron chi connectivity index (χ4n) is 1.92. The molecule has 112 valence electrons. The lowest BCUT2D eigenvalue weighted by Crippen LogP contribution is -2.47. The molecule has 9 nitrogen and oxygen atoms in total. The average Bonchev–Trinajstić information content (AvgIpc) is 3.05. The molecule has 21 heavy (non-hydrogen) atoms. The Morgan fingerprint density at radius 1 is 1.00 bits per heavy atom. The largest absolute Gasteiger partial charge is 0.360 e. The van der Waals surface area contributed by atoms with Crippen LogP contribution in [-0.4, -0.2) is 30.6 Å². The molecule has 0 saturated heterocycles. The summed E-state index contributed by atoms with van der Waals surface area (Å²) < 4.78 is 48.5. The summed E-state index contributed by atoms with van der Waals surface area (Å²) in [6.07, 6.45) is 3.40. The van der Waals surface area contributed by atoms with Crippen LogP contribution < -0.4 is 10.7 Å². The van der Waals surface area contributed by atoms with Crippen molar-refractivity contribution in [2.24, 2.45) is 5.14 Å². The number of aromatic nitrogens is 1. The van der Waals surface area contributed by atoms with E-state index in [2.05, 4.69) is 10.5 Å². The number of sulfonamides is 1. The Bertz CT molecular complexity index is 931. The van der Waals surface area contributed by atoms with Gasteiger partial charge in [0.15, 0.2) is 0 Å². The molecular formula is C10H11N5O4S2. The molecule has 0 saturated carbocycles. The number of fused-ring (bicyclic) bond motifs is 1.